The molecule has 0 saturated carbocycles. The van der Waals surface area contributed by atoms with E-state index in [1.54, 1.807) is 23.1 Å². The molecule has 0 bridgehead atoms. The Kier molecular flexibility index (Phi) is 4.10. The molecule has 1 atom stereocenters. The van der Waals surface area contributed by atoms with E-state index >= 15 is 0 Å². The number of likely N-dealkylation sites (tertiary alicyclic amines) is 1. The highest BCUT2D eigenvalue weighted by Crippen LogP contribution is 2.15. The minimum absolute atomic E-state index is 0.00437. The van der Waals surface area contributed by atoms with Gasteiger partial charge >= 0.3 is 0 Å². The summed E-state index contributed by atoms with van der Waals surface area (Å²) in [5.74, 6) is 0.146. The Labute approximate surface area is 106 Å². The van der Waals surface area contributed by atoms with E-state index in [2.05, 4.69) is 0 Å². The third-order valence-corrected chi connectivity index (χ3v) is 3.22. The van der Waals surface area contributed by atoms with Crippen molar-refractivity contribution in [2.24, 2.45) is 11.7 Å². The first kappa shape index (κ1) is 12.8. The molecule has 1 heterocycles. The van der Waals surface area contributed by atoms with E-state index in [1.807, 2.05) is 0 Å². The van der Waals surface area contributed by atoms with E-state index in [4.69, 9.17) is 5.73 Å². The second-order valence-corrected chi connectivity index (χ2v) is 4.56. The SMILES string of the molecule is NCC1CCN(C(=O)C=Cc2ccc(F)cc2)C1. The van der Waals surface area contributed by atoms with E-state index in [1.165, 1.54) is 18.2 Å². The second kappa shape index (κ2) is 5.78. The van der Waals surface area contributed by atoms with Gasteiger partial charge in [0.1, 0.15) is 5.82 Å². The van der Waals surface area contributed by atoms with Crippen LogP contribution in [0.15, 0.2) is 30.3 Å². The summed E-state index contributed by atoms with van der Waals surface area (Å²) >= 11 is 0. The van der Waals surface area contributed by atoms with Crippen molar-refractivity contribution in [3.8, 4) is 0 Å². The highest BCUT2D eigenvalue weighted by atomic mass is 19.1. The maximum absolute atomic E-state index is 12.7. The Morgan fingerprint density at radius 3 is 2.78 bits per heavy atom. The van der Waals surface area contributed by atoms with Crippen LogP contribution >= 0.6 is 0 Å². The largest absolute Gasteiger partial charge is 0.339 e. The van der Waals surface area contributed by atoms with Gasteiger partial charge in [0.2, 0.25) is 5.91 Å². The molecule has 0 spiro atoms. The molecule has 2 rings (SSSR count). The van der Waals surface area contributed by atoms with Crippen LogP contribution in [-0.4, -0.2) is 30.4 Å². The molecule has 0 radical (unpaired) electrons. The summed E-state index contributed by atoms with van der Waals surface area (Å²) in [6.07, 6.45) is 4.22. The number of carbonyl (C=O) groups excluding carboxylic acids is 1. The predicted octanol–water partition coefficient (Wildman–Crippen LogP) is 1.65. The Balaban J connectivity index is 1.93. The van der Waals surface area contributed by atoms with Crippen LogP contribution in [0.2, 0.25) is 0 Å². The number of nitrogens with two attached hydrogens (primary N) is 1. The molecule has 4 heteroatoms. The zero-order valence-electron chi connectivity index (χ0n) is 10.2. The quantitative estimate of drug-likeness (QED) is 0.827. The van der Waals surface area contributed by atoms with Gasteiger partial charge in [0, 0.05) is 19.2 Å². The van der Waals surface area contributed by atoms with Crippen LogP contribution in [0.25, 0.3) is 6.08 Å². The van der Waals surface area contributed by atoms with E-state index < -0.39 is 0 Å². The van der Waals surface area contributed by atoms with Gasteiger partial charge in [0.25, 0.3) is 0 Å². The Morgan fingerprint density at radius 2 is 2.17 bits per heavy atom. The van der Waals surface area contributed by atoms with Crippen molar-refractivity contribution in [1.82, 2.24) is 4.90 Å². The van der Waals surface area contributed by atoms with Crippen LogP contribution in [0.1, 0.15) is 12.0 Å². The van der Waals surface area contributed by atoms with Crippen molar-refractivity contribution < 1.29 is 9.18 Å². The highest BCUT2D eigenvalue weighted by Gasteiger charge is 2.23. The number of carbonyl (C=O) groups is 1. The number of halogens is 1. The molecular formula is C14H17FN2O. The molecule has 0 aromatic heterocycles. The van der Waals surface area contributed by atoms with Crippen LogP contribution in [0, 0.1) is 11.7 Å². The molecule has 1 fully saturated rings. The van der Waals surface area contributed by atoms with Gasteiger partial charge in [0.05, 0.1) is 0 Å². The molecule has 1 aromatic rings. The lowest BCUT2D eigenvalue weighted by Crippen LogP contribution is -2.28. The van der Waals surface area contributed by atoms with Gasteiger partial charge in [0.15, 0.2) is 0 Å². The Hall–Kier alpha value is -1.68. The number of nitrogens with zero attached hydrogens (tertiary/aromatic N) is 1. The molecule has 18 heavy (non-hydrogen) atoms. The summed E-state index contributed by atoms with van der Waals surface area (Å²) in [4.78, 5) is 13.7. The summed E-state index contributed by atoms with van der Waals surface area (Å²) < 4.78 is 12.7. The monoisotopic (exact) mass is 248 g/mol. The molecule has 1 amide bonds. The standard InChI is InChI=1S/C14H17FN2O/c15-13-4-1-11(2-5-13)3-6-14(18)17-8-7-12(9-16)10-17/h1-6,12H,7-10,16H2. The van der Waals surface area contributed by atoms with Crippen LogP contribution in [0.3, 0.4) is 0 Å². The zero-order chi connectivity index (χ0) is 13.0. The molecule has 3 nitrogen and oxygen atoms in total. The molecule has 1 aromatic carbocycles. The summed E-state index contributed by atoms with van der Waals surface area (Å²) in [6.45, 7) is 2.14. The maximum atomic E-state index is 12.7. The molecule has 1 aliphatic rings. The smallest absolute Gasteiger partial charge is 0.246 e. The van der Waals surface area contributed by atoms with Gasteiger partial charge in [-0.15, -0.1) is 0 Å². The third kappa shape index (κ3) is 3.17. The first-order valence-corrected chi connectivity index (χ1v) is 6.11. The number of benzene rings is 1. The average molecular weight is 248 g/mol. The van der Waals surface area contributed by atoms with Gasteiger partial charge in [-0.1, -0.05) is 12.1 Å². The second-order valence-electron chi connectivity index (χ2n) is 4.56. The minimum atomic E-state index is -0.274. The van der Waals surface area contributed by atoms with Gasteiger partial charge in [-0.25, -0.2) is 4.39 Å². The van der Waals surface area contributed by atoms with Gasteiger partial charge in [-0.3, -0.25) is 4.79 Å². The molecule has 96 valence electrons. The summed E-state index contributed by atoms with van der Waals surface area (Å²) in [5, 5.41) is 0. The van der Waals surface area contributed by atoms with E-state index in [-0.39, 0.29) is 11.7 Å². The highest BCUT2D eigenvalue weighted by molar-refractivity contribution is 5.91. The fourth-order valence-corrected chi connectivity index (χ4v) is 2.07. The van der Waals surface area contributed by atoms with Gasteiger partial charge < -0.3 is 10.6 Å². The van der Waals surface area contributed by atoms with Crippen molar-refractivity contribution >= 4 is 12.0 Å². The summed E-state index contributed by atoms with van der Waals surface area (Å²) in [5.41, 5.74) is 6.40. The predicted molar refractivity (Wildman–Crippen MR) is 69.2 cm³/mol. The lowest BCUT2D eigenvalue weighted by Gasteiger charge is -2.13. The number of hydrogen-bond donors (Lipinski definition) is 1. The van der Waals surface area contributed by atoms with E-state index in [9.17, 15) is 9.18 Å². The normalized spacial score (nSPS) is 19.7. The van der Waals surface area contributed by atoms with E-state index in [0.29, 0.717) is 12.5 Å². The Bertz CT molecular complexity index is 442. The van der Waals surface area contributed by atoms with E-state index in [0.717, 1.165) is 25.1 Å². The molecule has 2 N–H and O–H groups in total. The van der Waals surface area contributed by atoms with Crippen LogP contribution in [-0.2, 0) is 4.79 Å². The molecular weight excluding hydrogens is 231 g/mol. The lowest BCUT2D eigenvalue weighted by molar-refractivity contribution is -0.125. The summed E-state index contributed by atoms with van der Waals surface area (Å²) in [7, 11) is 0. The number of rotatable bonds is 3. The van der Waals surface area contributed by atoms with Crippen LogP contribution in [0.5, 0.6) is 0 Å². The van der Waals surface area contributed by atoms with Crippen LogP contribution < -0.4 is 5.73 Å². The Morgan fingerprint density at radius 1 is 1.44 bits per heavy atom. The van der Waals surface area contributed by atoms with Gasteiger partial charge in [-0.2, -0.15) is 0 Å². The summed E-state index contributed by atoms with van der Waals surface area (Å²) in [6, 6.07) is 6.05. The number of amides is 1. The zero-order valence-corrected chi connectivity index (χ0v) is 10.2. The molecule has 1 unspecified atom stereocenters. The topological polar surface area (TPSA) is 46.3 Å². The van der Waals surface area contributed by atoms with Crippen LogP contribution in [0.4, 0.5) is 4.39 Å². The maximum Gasteiger partial charge on any atom is 0.246 e. The molecule has 0 aliphatic carbocycles. The molecule has 1 saturated heterocycles. The van der Waals surface area contributed by atoms with Gasteiger partial charge in [-0.05, 0) is 42.7 Å². The molecule has 1 aliphatic heterocycles. The van der Waals surface area contributed by atoms with Crippen molar-refractivity contribution in [3.63, 3.8) is 0 Å². The first-order chi connectivity index (χ1) is 8.69. The van der Waals surface area contributed by atoms with Crippen molar-refractivity contribution in [3.05, 3.63) is 41.7 Å². The third-order valence-electron chi connectivity index (χ3n) is 3.22. The minimum Gasteiger partial charge on any atom is -0.339 e. The van der Waals surface area contributed by atoms with Crippen molar-refractivity contribution in [2.75, 3.05) is 19.6 Å². The average Bonchev–Trinajstić information content (AvgIpc) is 2.86. The van der Waals surface area contributed by atoms with Crippen molar-refractivity contribution in [1.29, 1.82) is 0 Å². The fourth-order valence-electron chi connectivity index (χ4n) is 2.07. The van der Waals surface area contributed by atoms with Crippen molar-refractivity contribution in [2.45, 2.75) is 6.42 Å². The lowest BCUT2D eigenvalue weighted by atomic mass is 10.1. The number of hydrogen-bond acceptors (Lipinski definition) is 2. The fraction of sp³-hybridized carbons (Fsp3) is 0.357. The first-order valence-electron chi connectivity index (χ1n) is 6.11.